The third kappa shape index (κ3) is 16.3. The summed E-state index contributed by atoms with van der Waals surface area (Å²) < 4.78 is 23.0. The molecule has 4 aromatic carbocycles. The van der Waals surface area contributed by atoms with Crippen LogP contribution in [0.3, 0.4) is 0 Å². The van der Waals surface area contributed by atoms with Gasteiger partial charge in [-0.15, -0.1) is 0 Å². The van der Waals surface area contributed by atoms with E-state index in [1.807, 2.05) is 24.3 Å². The van der Waals surface area contributed by atoms with Crippen molar-refractivity contribution in [2.24, 2.45) is 5.10 Å². The Balaban J connectivity index is 1.13. The lowest BCUT2D eigenvalue weighted by Gasteiger charge is -2.09. The molecule has 294 valence electrons. The van der Waals surface area contributed by atoms with Gasteiger partial charge >= 0.3 is 5.97 Å². The van der Waals surface area contributed by atoms with E-state index in [0.717, 1.165) is 37.2 Å². The highest BCUT2D eigenvalue weighted by Crippen LogP contribution is 2.24. The topological polar surface area (TPSA) is 116 Å². The average Bonchev–Trinajstić information content (AvgIpc) is 3.20. The summed E-state index contributed by atoms with van der Waals surface area (Å²) >= 11 is 0. The van der Waals surface area contributed by atoms with Gasteiger partial charge in [-0.25, -0.2) is 10.2 Å². The first kappa shape index (κ1) is 42.4. The van der Waals surface area contributed by atoms with Crippen molar-refractivity contribution in [3.63, 3.8) is 0 Å². The van der Waals surface area contributed by atoms with Crippen molar-refractivity contribution in [2.75, 3.05) is 13.2 Å². The van der Waals surface area contributed by atoms with Gasteiger partial charge in [0, 0.05) is 17.2 Å². The van der Waals surface area contributed by atoms with Crippen LogP contribution in [-0.4, -0.2) is 36.4 Å². The van der Waals surface area contributed by atoms with Gasteiger partial charge in [-0.05, 0) is 91.2 Å². The number of phenolic OH excluding ortho intramolecular Hbond substituents is 1. The molecule has 9 heteroatoms. The highest BCUT2D eigenvalue weighted by molar-refractivity contribution is 5.95. The maximum absolute atomic E-state index is 12.7. The zero-order valence-corrected chi connectivity index (χ0v) is 32.6. The molecule has 0 unspecified atom stereocenters. The molecule has 9 nitrogen and oxygen atoms in total. The van der Waals surface area contributed by atoms with Crippen LogP contribution in [0.5, 0.6) is 28.7 Å². The monoisotopic (exact) mass is 750 g/mol. The highest BCUT2D eigenvalue weighted by atomic mass is 16.5. The van der Waals surface area contributed by atoms with Crippen molar-refractivity contribution < 1.29 is 33.6 Å². The van der Waals surface area contributed by atoms with Gasteiger partial charge < -0.3 is 24.1 Å². The molecular formula is C46H58N2O7. The SMILES string of the molecule is CCCCCCCCCCOc1ccc(COc2ccc(C(=O)N/N=C/c3ccc(OC(=O)c4ccc(OCCCCCCCC)cc4)cc3O)cc2)cc1. The second-order valence-corrected chi connectivity index (χ2v) is 13.7. The van der Waals surface area contributed by atoms with E-state index in [1.54, 1.807) is 54.6 Å². The smallest absolute Gasteiger partial charge is 0.343 e. The van der Waals surface area contributed by atoms with Gasteiger partial charge in [-0.3, -0.25) is 4.79 Å². The maximum atomic E-state index is 12.7. The Hall–Kier alpha value is -5.31. The van der Waals surface area contributed by atoms with Crippen molar-refractivity contribution in [1.29, 1.82) is 0 Å². The summed E-state index contributed by atoms with van der Waals surface area (Å²) in [6, 6.07) is 25.9. The zero-order chi connectivity index (χ0) is 38.9. The second-order valence-electron chi connectivity index (χ2n) is 13.7. The molecule has 2 N–H and O–H groups in total. The summed E-state index contributed by atoms with van der Waals surface area (Å²) in [4.78, 5) is 25.3. The number of hydrazone groups is 1. The molecule has 0 aromatic heterocycles. The molecule has 0 radical (unpaired) electrons. The van der Waals surface area contributed by atoms with Gasteiger partial charge in [0.15, 0.2) is 0 Å². The van der Waals surface area contributed by atoms with Crippen LogP contribution in [0.2, 0.25) is 0 Å². The molecule has 0 aliphatic carbocycles. The zero-order valence-electron chi connectivity index (χ0n) is 32.6. The Morgan fingerprint density at radius 1 is 0.582 bits per heavy atom. The number of amides is 1. The predicted molar refractivity (Wildman–Crippen MR) is 219 cm³/mol. The molecule has 0 bridgehead atoms. The van der Waals surface area contributed by atoms with Crippen LogP contribution < -0.4 is 24.4 Å². The normalized spacial score (nSPS) is 11.0. The average molecular weight is 751 g/mol. The van der Waals surface area contributed by atoms with E-state index in [-0.39, 0.29) is 11.5 Å². The quantitative estimate of drug-likeness (QED) is 0.0216. The fourth-order valence-electron chi connectivity index (χ4n) is 5.82. The molecule has 0 aliphatic heterocycles. The van der Waals surface area contributed by atoms with Crippen LogP contribution in [0.1, 0.15) is 136 Å². The van der Waals surface area contributed by atoms with Crippen LogP contribution in [0.4, 0.5) is 0 Å². The van der Waals surface area contributed by atoms with E-state index < -0.39 is 11.9 Å². The number of benzene rings is 4. The first-order valence-corrected chi connectivity index (χ1v) is 20.0. The van der Waals surface area contributed by atoms with Gasteiger partial charge in [0.2, 0.25) is 0 Å². The second kappa shape index (κ2) is 24.9. The molecule has 0 fully saturated rings. The van der Waals surface area contributed by atoms with Crippen molar-refractivity contribution >= 4 is 18.1 Å². The summed E-state index contributed by atoms with van der Waals surface area (Å²) in [5, 5.41) is 14.5. The lowest BCUT2D eigenvalue weighted by Crippen LogP contribution is -2.17. The van der Waals surface area contributed by atoms with E-state index >= 15 is 0 Å². The molecule has 0 saturated carbocycles. The van der Waals surface area contributed by atoms with Crippen molar-refractivity contribution in [3.05, 3.63) is 113 Å². The fraction of sp³-hybridized carbons (Fsp3) is 0.413. The number of ether oxygens (including phenoxy) is 4. The van der Waals surface area contributed by atoms with Gasteiger partial charge in [-0.1, -0.05) is 103 Å². The summed E-state index contributed by atoms with van der Waals surface area (Å²) in [7, 11) is 0. The first-order valence-electron chi connectivity index (χ1n) is 20.0. The molecule has 0 aliphatic rings. The number of carbonyl (C=O) groups excluding carboxylic acids is 2. The van der Waals surface area contributed by atoms with E-state index in [0.29, 0.717) is 41.4 Å². The fourth-order valence-corrected chi connectivity index (χ4v) is 5.82. The molecule has 55 heavy (non-hydrogen) atoms. The number of phenols is 1. The summed E-state index contributed by atoms with van der Waals surface area (Å²) in [6.07, 6.45) is 18.7. The van der Waals surface area contributed by atoms with Gasteiger partial charge in [0.25, 0.3) is 5.91 Å². The number of rotatable bonds is 26. The molecule has 0 heterocycles. The number of nitrogens with zero attached hydrogens (tertiary/aromatic N) is 1. The highest BCUT2D eigenvalue weighted by Gasteiger charge is 2.11. The van der Waals surface area contributed by atoms with E-state index in [4.69, 9.17) is 18.9 Å². The molecule has 1 amide bonds. The van der Waals surface area contributed by atoms with Crippen molar-refractivity contribution in [3.8, 4) is 28.7 Å². The number of aromatic hydroxyl groups is 1. The minimum Gasteiger partial charge on any atom is -0.507 e. The third-order valence-corrected chi connectivity index (χ3v) is 9.15. The number of carbonyl (C=O) groups is 2. The van der Waals surface area contributed by atoms with Crippen LogP contribution in [0.25, 0.3) is 0 Å². The standard InChI is InChI=1S/C46H58N2O7/c1-3-5-7-9-11-12-14-16-31-52-40-24-17-36(18-25-40)35-54-42-26-19-37(20-27-42)45(50)48-47-34-39-23-30-43(33-44(39)49)55-46(51)38-21-28-41(29-22-38)53-32-15-13-10-8-6-4-2/h17-30,33-34,49H,3-16,31-32,35H2,1-2H3,(H,48,50)/b47-34+. The van der Waals surface area contributed by atoms with Gasteiger partial charge in [-0.2, -0.15) is 5.10 Å². The Bertz CT molecular complexity index is 1720. The minimum absolute atomic E-state index is 0.163. The van der Waals surface area contributed by atoms with Gasteiger partial charge in [0.1, 0.15) is 35.4 Å². The number of hydrogen-bond acceptors (Lipinski definition) is 8. The summed E-state index contributed by atoms with van der Waals surface area (Å²) in [5.74, 6) is 1.22. The Kier molecular flexibility index (Phi) is 19.2. The van der Waals surface area contributed by atoms with E-state index in [2.05, 4.69) is 24.4 Å². The number of nitrogens with one attached hydrogen (secondary N) is 1. The van der Waals surface area contributed by atoms with Crippen LogP contribution in [0, 0.1) is 0 Å². The lowest BCUT2D eigenvalue weighted by molar-refractivity contribution is 0.0734. The molecular weight excluding hydrogens is 693 g/mol. The molecule has 0 saturated heterocycles. The first-order chi connectivity index (χ1) is 26.9. The Labute approximate surface area is 327 Å². The van der Waals surface area contributed by atoms with Crippen molar-refractivity contribution in [2.45, 2.75) is 110 Å². The molecule has 0 atom stereocenters. The molecule has 0 spiro atoms. The number of esters is 1. The van der Waals surface area contributed by atoms with Gasteiger partial charge in [0.05, 0.1) is 25.0 Å². The van der Waals surface area contributed by atoms with Crippen molar-refractivity contribution in [1.82, 2.24) is 5.43 Å². The Morgan fingerprint density at radius 2 is 1.05 bits per heavy atom. The molecule has 4 rings (SSSR count). The lowest BCUT2D eigenvalue weighted by atomic mass is 10.1. The Morgan fingerprint density at radius 3 is 1.60 bits per heavy atom. The number of hydrogen-bond donors (Lipinski definition) is 2. The largest absolute Gasteiger partial charge is 0.507 e. The summed E-state index contributed by atoms with van der Waals surface area (Å²) in [6.45, 7) is 6.21. The van der Waals surface area contributed by atoms with Crippen LogP contribution in [-0.2, 0) is 6.61 Å². The number of unbranched alkanes of at least 4 members (excludes halogenated alkanes) is 12. The summed E-state index contributed by atoms with van der Waals surface area (Å²) in [5.41, 5.74) is 4.56. The van der Waals surface area contributed by atoms with Crippen LogP contribution in [0.15, 0.2) is 96.1 Å². The van der Waals surface area contributed by atoms with E-state index in [9.17, 15) is 14.7 Å². The predicted octanol–water partition coefficient (Wildman–Crippen LogP) is 11.2. The minimum atomic E-state index is -0.560. The van der Waals surface area contributed by atoms with Crippen LogP contribution >= 0.6 is 0 Å². The third-order valence-electron chi connectivity index (χ3n) is 9.15. The maximum Gasteiger partial charge on any atom is 0.343 e. The molecule has 4 aromatic rings. The van der Waals surface area contributed by atoms with E-state index in [1.165, 1.54) is 89.0 Å².